The van der Waals surface area contributed by atoms with Gasteiger partial charge in [0.05, 0.1) is 13.0 Å². The summed E-state index contributed by atoms with van der Waals surface area (Å²) in [5.41, 5.74) is 3.17. The van der Waals surface area contributed by atoms with Gasteiger partial charge in [-0.05, 0) is 37.1 Å². The Bertz CT molecular complexity index is 443. The summed E-state index contributed by atoms with van der Waals surface area (Å²) in [5.74, 6) is -0.308. The van der Waals surface area contributed by atoms with E-state index in [2.05, 4.69) is 0 Å². The van der Waals surface area contributed by atoms with E-state index in [1.165, 1.54) is 0 Å². The van der Waals surface area contributed by atoms with Crippen LogP contribution in [0.2, 0.25) is 0 Å². The van der Waals surface area contributed by atoms with E-state index in [0.29, 0.717) is 6.54 Å². The first-order valence-corrected chi connectivity index (χ1v) is 5.96. The third-order valence-corrected chi connectivity index (χ3v) is 3.09. The summed E-state index contributed by atoms with van der Waals surface area (Å²) in [4.78, 5) is 12.8. The number of aryl methyl sites for hydroxylation is 2. The van der Waals surface area contributed by atoms with Crippen molar-refractivity contribution < 1.29 is 14.6 Å². The Morgan fingerprint density at radius 1 is 1.39 bits per heavy atom. The molecule has 0 aliphatic rings. The minimum absolute atomic E-state index is 0.392. The number of hydrogen-bond donors (Lipinski definition) is 1. The fraction of sp³-hybridized carbons (Fsp3) is 0.500. The molecule has 0 amide bonds. The molecule has 0 spiro atoms. The number of hydrogen-bond acceptors (Lipinski definition) is 3. The molecule has 1 rings (SSSR count). The summed E-state index contributed by atoms with van der Waals surface area (Å²) in [5, 5.41) is 8.94. The first kappa shape index (κ1) is 14.4. The van der Waals surface area contributed by atoms with Crippen molar-refractivity contribution in [2.45, 2.75) is 20.8 Å². The van der Waals surface area contributed by atoms with Gasteiger partial charge in [0.25, 0.3) is 0 Å². The summed E-state index contributed by atoms with van der Waals surface area (Å²) < 4.78 is 5.27. The van der Waals surface area contributed by atoms with Gasteiger partial charge in [-0.2, -0.15) is 0 Å². The molecule has 0 fully saturated rings. The van der Waals surface area contributed by atoms with Crippen molar-refractivity contribution in [2.24, 2.45) is 5.92 Å². The number of aliphatic carboxylic acids is 1. The second-order valence-electron chi connectivity index (χ2n) is 4.73. The van der Waals surface area contributed by atoms with Gasteiger partial charge in [0, 0.05) is 19.3 Å². The molecule has 0 heterocycles. The normalized spacial score (nSPS) is 12.1. The van der Waals surface area contributed by atoms with Crippen LogP contribution in [0.4, 0.5) is 5.69 Å². The quantitative estimate of drug-likeness (QED) is 0.873. The van der Waals surface area contributed by atoms with Crippen LogP contribution in [0.25, 0.3) is 0 Å². The summed E-state index contributed by atoms with van der Waals surface area (Å²) in [6, 6.07) is 4.01. The van der Waals surface area contributed by atoms with Crippen LogP contribution >= 0.6 is 0 Å². The van der Waals surface area contributed by atoms with Crippen molar-refractivity contribution in [3.63, 3.8) is 0 Å². The lowest BCUT2D eigenvalue weighted by Gasteiger charge is -2.24. The molecule has 0 saturated carbocycles. The molecule has 1 aromatic carbocycles. The van der Waals surface area contributed by atoms with Crippen LogP contribution < -0.4 is 9.64 Å². The van der Waals surface area contributed by atoms with Gasteiger partial charge >= 0.3 is 5.97 Å². The average molecular weight is 251 g/mol. The lowest BCUT2D eigenvalue weighted by Crippen LogP contribution is -2.28. The number of methoxy groups -OCH3 is 1. The van der Waals surface area contributed by atoms with Gasteiger partial charge in [0.2, 0.25) is 0 Å². The first-order valence-electron chi connectivity index (χ1n) is 5.96. The zero-order valence-electron chi connectivity index (χ0n) is 11.7. The van der Waals surface area contributed by atoms with Crippen LogP contribution in [0, 0.1) is 19.8 Å². The van der Waals surface area contributed by atoms with Crippen LogP contribution in [0.3, 0.4) is 0 Å². The lowest BCUT2D eigenvalue weighted by atomic mass is 10.1. The highest BCUT2D eigenvalue weighted by molar-refractivity contribution is 5.70. The van der Waals surface area contributed by atoms with Gasteiger partial charge in [-0.25, -0.2) is 0 Å². The van der Waals surface area contributed by atoms with Crippen molar-refractivity contribution in [1.82, 2.24) is 0 Å². The number of rotatable bonds is 5. The molecular formula is C14H21NO3. The van der Waals surface area contributed by atoms with E-state index in [9.17, 15) is 4.79 Å². The molecule has 1 atom stereocenters. The topological polar surface area (TPSA) is 49.8 Å². The van der Waals surface area contributed by atoms with Gasteiger partial charge in [0.15, 0.2) is 0 Å². The molecule has 0 aliphatic carbocycles. The van der Waals surface area contributed by atoms with E-state index in [4.69, 9.17) is 9.84 Å². The number of ether oxygens (including phenoxy) is 1. The van der Waals surface area contributed by atoms with Crippen molar-refractivity contribution in [1.29, 1.82) is 0 Å². The average Bonchev–Trinajstić information content (AvgIpc) is 2.31. The number of carboxylic acids is 1. The molecule has 0 aromatic heterocycles. The van der Waals surface area contributed by atoms with Crippen LogP contribution in [-0.4, -0.2) is 31.8 Å². The molecule has 1 unspecified atom stereocenters. The van der Waals surface area contributed by atoms with E-state index in [0.717, 1.165) is 22.6 Å². The third-order valence-electron chi connectivity index (χ3n) is 3.09. The molecule has 0 saturated heterocycles. The Morgan fingerprint density at radius 2 is 2.00 bits per heavy atom. The largest absolute Gasteiger partial charge is 0.496 e. The minimum atomic E-state index is -0.773. The maximum absolute atomic E-state index is 10.9. The Morgan fingerprint density at radius 3 is 2.50 bits per heavy atom. The number of carboxylic acid groups (broad SMARTS) is 1. The number of carbonyl (C=O) groups is 1. The summed E-state index contributed by atoms with van der Waals surface area (Å²) in [6.07, 6.45) is 0. The molecule has 1 N–H and O–H groups in total. The number of anilines is 1. The van der Waals surface area contributed by atoms with E-state index < -0.39 is 11.9 Å². The Labute approximate surface area is 108 Å². The molecule has 0 radical (unpaired) electrons. The molecule has 4 nitrogen and oxygen atoms in total. The van der Waals surface area contributed by atoms with Crippen LogP contribution in [0.15, 0.2) is 12.1 Å². The Balaban J connectivity index is 2.96. The van der Waals surface area contributed by atoms with Crippen molar-refractivity contribution >= 4 is 11.7 Å². The summed E-state index contributed by atoms with van der Waals surface area (Å²) >= 11 is 0. The zero-order chi connectivity index (χ0) is 13.9. The van der Waals surface area contributed by atoms with Gasteiger partial charge in [-0.15, -0.1) is 0 Å². The molecular weight excluding hydrogens is 230 g/mol. The van der Waals surface area contributed by atoms with E-state index in [1.54, 1.807) is 14.0 Å². The summed E-state index contributed by atoms with van der Waals surface area (Å²) in [7, 11) is 3.56. The fourth-order valence-corrected chi connectivity index (χ4v) is 1.99. The van der Waals surface area contributed by atoms with Crippen LogP contribution in [0.1, 0.15) is 18.1 Å². The summed E-state index contributed by atoms with van der Waals surface area (Å²) in [6.45, 7) is 6.18. The predicted octanol–water partition coefficient (Wildman–Crippen LogP) is 2.47. The van der Waals surface area contributed by atoms with E-state index in [-0.39, 0.29) is 0 Å². The van der Waals surface area contributed by atoms with Crippen molar-refractivity contribution in [3.05, 3.63) is 23.3 Å². The molecule has 1 aromatic rings. The monoisotopic (exact) mass is 251 g/mol. The maximum Gasteiger partial charge on any atom is 0.308 e. The molecule has 0 bridgehead atoms. The number of nitrogens with zero attached hydrogens (tertiary/aromatic N) is 1. The highest BCUT2D eigenvalue weighted by Crippen LogP contribution is 2.28. The Hall–Kier alpha value is -1.71. The van der Waals surface area contributed by atoms with Crippen LogP contribution in [-0.2, 0) is 4.79 Å². The smallest absolute Gasteiger partial charge is 0.308 e. The highest BCUT2D eigenvalue weighted by Gasteiger charge is 2.16. The molecule has 4 heteroatoms. The first-order chi connectivity index (χ1) is 8.36. The van der Waals surface area contributed by atoms with Gasteiger partial charge in [-0.3, -0.25) is 4.79 Å². The molecule has 0 aliphatic heterocycles. The SMILES string of the molecule is COc1cc(C)c(N(C)CC(C)C(=O)O)cc1C. The standard InChI is InChI=1S/C14H21NO3/c1-9-7-13(18-5)10(2)6-12(9)15(4)8-11(3)14(16)17/h6-7,11H,8H2,1-5H3,(H,16,17). The second kappa shape index (κ2) is 5.76. The predicted molar refractivity (Wildman–Crippen MR) is 72.5 cm³/mol. The van der Waals surface area contributed by atoms with Crippen molar-refractivity contribution in [3.8, 4) is 5.75 Å². The Kier molecular flexibility index (Phi) is 4.59. The van der Waals surface area contributed by atoms with E-state index >= 15 is 0 Å². The van der Waals surface area contributed by atoms with Gasteiger partial charge in [0.1, 0.15) is 5.75 Å². The van der Waals surface area contributed by atoms with E-state index in [1.807, 2.05) is 37.9 Å². The van der Waals surface area contributed by atoms with Crippen molar-refractivity contribution in [2.75, 3.05) is 25.6 Å². The van der Waals surface area contributed by atoms with Gasteiger partial charge < -0.3 is 14.7 Å². The van der Waals surface area contributed by atoms with Gasteiger partial charge in [-0.1, -0.05) is 6.92 Å². The maximum atomic E-state index is 10.9. The lowest BCUT2D eigenvalue weighted by molar-refractivity contribution is -0.140. The fourth-order valence-electron chi connectivity index (χ4n) is 1.99. The highest BCUT2D eigenvalue weighted by atomic mass is 16.5. The number of benzene rings is 1. The zero-order valence-corrected chi connectivity index (χ0v) is 11.7. The van der Waals surface area contributed by atoms with Crippen LogP contribution in [0.5, 0.6) is 5.75 Å². The third kappa shape index (κ3) is 3.15. The molecule has 100 valence electrons. The second-order valence-corrected chi connectivity index (χ2v) is 4.73. The molecule has 18 heavy (non-hydrogen) atoms. The minimum Gasteiger partial charge on any atom is -0.496 e.